The Morgan fingerprint density at radius 2 is 2.36 bits per heavy atom. The number of nitrogens with zero attached hydrogens (tertiary/aromatic N) is 2. The summed E-state index contributed by atoms with van der Waals surface area (Å²) in [7, 11) is 4.07. The van der Waals surface area contributed by atoms with E-state index in [2.05, 4.69) is 26.3 Å². The van der Waals surface area contributed by atoms with E-state index < -0.39 is 0 Å². The standard InChI is InChI=1S/C10H16BrN3/c1-12-8-4-3-7(5-8)10-9(11)6-13-14(10)2/h6-8,12H,3-5H2,1-2H3. The fraction of sp³-hybridized carbons (Fsp3) is 0.700. The van der Waals surface area contributed by atoms with Crippen molar-refractivity contribution in [3.63, 3.8) is 0 Å². The van der Waals surface area contributed by atoms with Gasteiger partial charge in [0.2, 0.25) is 0 Å². The lowest BCUT2D eigenvalue weighted by molar-refractivity contribution is 0.557. The first-order valence-electron chi connectivity index (χ1n) is 5.07. The molecule has 1 aliphatic rings. The molecule has 1 aromatic rings. The summed E-state index contributed by atoms with van der Waals surface area (Å²) in [5.41, 5.74) is 1.35. The Morgan fingerprint density at radius 1 is 1.57 bits per heavy atom. The van der Waals surface area contributed by atoms with Crippen molar-refractivity contribution in [2.24, 2.45) is 7.05 Å². The number of halogens is 1. The van der Waals surface area contributed by atoms with Crippen molar-refractivity contribution >= 4 is 15.9 Å². The summed E-state index contributed by atoms with van der Waals surface area (Å²) >= 11 is 3.57. The summed E-state index contributed by atoms with van der Waals surface area (Å²) in [5, 5.41) is 7.61. The van der Waals surface area contributed by atoms with Gasteiger partial charge >= 0.3 is 0 Å². The maximum atomic E-state index is 4.26. The van der Waals surface area contributed by atoms with E-state index in [0.29, 0.717) is 12.0 Å². The van der Waals surface area contributed by atoms with E-state index in [4.69, 9.17) is 0 Å². The van der Waals surface area contributed by atoms with E-state index >= 15 is 0 Å². The summed E-state index contributed by atoms with van der Waals surface area (Å²) in [6.07, 6.45) is 5.67. The third kappa shape index (κ3) is 1.73. The molecule has 0 radical (unpaired) electrons. The van der Waals surface area contributed by atoms with Crippen LogP contribution >= 0.6 is 15.9 Å². The third-order valence-corrected chi connectivity index (χ3v) is 3.78. The zero-order valence-electron chi connectivity index (χ0n) is 8.63. The first-order chi connectivity index (χ1) is 6.72. The van der Waals surface area contributed by atoms with E-state index in [0.717, 1.165) is 4.47 Å². The van der Waals surface area contributed by atoms with Gasteiger partial charge in [0.1, 0.15) is 0 Å². The van der Waals surface area contributed by atoms with Crippen LogP contribution in [0.15, 0.2) is 10.7 Å². The van der Waals surface area contributed by atoms with Crippen molar-refractivity contribution in [3.05, 3.63) is 16.4 Å². The van der Waals surface area contributed by atoms with Gasteiger partial charge in [-0.15, -0.1) is 0 Å². The van der Waals surface area contributed by atoms with Crippen molar-refractivity contribution < 1.29 is 0 Å². The van der Waals surface area contributed by atoms with E-state index in [-0.39, 0.29) is 0 Å². The second-order valence-corrected chi connectivity index (χ2v) is 4.85. The second-order valence-electron chi connectivity index (χ2n) is 4.00. The molecule has 2 atom stereocenters. The minimum Gasteiger partial charge on any atom is -0.317 e. The topological polar surface area (TPSA) is 29.9 Å². The van der Waals surface area contributed by atoms with Gasteiger partial charge in [-0.2, -0.15) is 5.10 Å². The molecule has 14 heavy (non-hydrogen) atoms. The van der Waals surface area contributed by atoms with Gasteiger partial charge in [-0.05, 0) is 42.2 Å². The monoisotopic (exact) mass is 257 g/mol. The van der Waals surface area contributed by atoms with Crippen molar-refractivity contribution in [3.8, 4) is 0 Å². The molecule has 1 aromatic heterocycles. The molecule has 3 nitrogen and oxygen atoms in total. The van der Waals surface area contributed by atoms with E-state index in [9.17, 15) is 0 Å². The zero-order chi connectivity index (χ0) is 10.1. The predicted molar refractivity (Wildman–Crippen MR) is 60.3 cm³/mol. The van der Waals surface area contributed by atoms with Gasteiger partial charge in [0.05, 0.1) is 16.4 Å². The van der Waals surface area contributed by atoms with Gasteiger partial charge < -0.3 is 5.32 Å². The highest BCUT2D eigenvalue weighted by molar-refractivity contribution is 9.10. The van der Waals surface area contributed by atoms with Crippen molar-refractivity contribution in [1.29, 1.82) is 0 Å². The second kappa shape index (κ2) is 4.03. The van der Waals surface area contributed by atoms with E-state index in [1.165, 1.54) is 25.0 Å². The number of nitrogens with one attached hydrogen (secondary N) is 1. The van der Waals surface area contributed by atoms with E-state index in [1.807, 2.05) is 25.0 Å². The van der Waals surface area contributed by atoms with Crippen LogP contribution in [-0.2, 0) is 7.05 Å². The fourth-order valence-corrected chi connectivity index (χ4v) is 3.04. The summed E-state index contributed by atoms with van der Waals surface area (Å²) < 4.78 is 3.15. The molecule has 0 bridgehead atoms. The van der Waals surface area contributed by atoms with Gasteiger partial charge in [-0.3, -0.25) is 4.68 Å². The average molecular weight is 258 g/mol. The Kier molecular flexibility index (Phi) is 2.93. The van der Waals surface area contributed by atoms with Crippen molar-refractivity contribution in [2.45, 2.75) is 31.2 Å². The molecule has 78 valence electrons. The zero-order valence-corrected chi connectivity index (χ0v) is 10.2. The van der Waals surface area contributed by atoms with Crippen LogP contribution < -0.4 is 5.32 Å². The largest absolute Gasteiger partial charge is 0.317 e. The molecule has 0 aromatic carbocycles. The Morgan fingerprint density at radius 3 is 2.86 bits per heavy atom. The molecule has 0 saturated heterocycles. The highest BCUT2D eigenvalue weighted by Gasteiger charge is 2.28. The van der Waals surface area contributed by atoms with E-state index in [1.54, 1.807) is 0 Å². The smallest absolute Gasteiger partial charge is 0.0635 e. The van der Waals surface area contributed by atoms with Crippen LogP contribution in [0.1, 0.15) is 30.9 Å². The van der Waals surface area contributed by atoms with Gasteiger partial charge in [-0.1, -0.05) is 0 Å². The third-order valence-electron chi connectivity index (χ3n) is 3.17. The molecular formula is C10H16BrN3. The summed E-state index contributed by atoms with van der Waals surface area (Å²) in [6, 6.07) is 0.682. The minimum atomic E-state index is 0.661. The predicted octanol–water partition coefficient (Wildman–Crippen LogP) is 2.04. The molecule has 0 aliphatic heterocycles. The first-order valence-corrected chi connectivity index (χ1v) is 5.86. The molecule has 2 unspecified atom stereocenters. The Hall–Kier alpha value is -0.350. The molecule has 1 fully saturated rings. The fourth-order valence-electron chi connectivity index (χ4n) is 2.37. The molecule has 0 amide bonds. The van der Waals surface area contributed by atoms with Gasteiger partial charge in [0.25, 0.3) is 0 Å². The lowest BCUT2D eigenvalue weighted by Gasteiger charge is -2.11. The Bertz CT molecular complexity index is 302. The number of hydrogen-bond acceptors (Lipinski definition) is 2. The van der Waals surface area contributed by atoms with Crippen molar-refractivity contribution in [2.75, 3.05) is 7.05 Å². The maximum absolute atomic E-state index is 4.26. The van der Waals surface area contributed by atoms with Crippen LogP contribution in [0.5, 0.6) is 0 Å². The summed E-state index contributed by atoms with van der Waals surface area (Å²) in [5.74, 6) is 0.661. The molecule has 1 heterocycles. The van der Waals surface area contributed by atoms with Gasteiger partial charge in [0.15, 0.2) is 0 Å². The Labute approximate surface area is 93.0 Å². The van der Waals surface area contributed by atoms with Crippen molar-refractivity contribution in [1.82, 2.24) is 15.1 Å². The Balaban J connectivity index is 2.17. The number of rotatable bonds is 2. The lowest BCUT2D eigenvalue weighted by Crippen LogP contribution is -2.21. The number of aromatic nitrogens is 2. The SMILES string of the molecule is CNC1CCC(c2c(Br)cnn2C)C1. The highest BCUT2D eigenvalue weighted by Crippen LogP contribution is 2.37. The average Bonchev–Trinajstić information content (AvgIpc) is 2.73. The summed E-state index contributed by atoms with van der Waals surface area (Å²) in [6.45, 7) is 0. The van der Waals surface area contributed by atoms with Crippen LogP contribution in [0.2, 0.25) is 0 Å². The van der Waals surface area contributed by atoms with Crippen LogP contribution in [0.25, 0.3) is 0 Å². The molecule has 1 aliphatic carbocycles. The molecular weight excluding hydrogens is 242 g/mol. The molecule has 1 saturated carbocycles. The highest BCUT2D eigenvalue weighted by atomic mass is 79.9. The quantitative estimate of drug-likeness (QED) is 0.879. The molecule has 2 rings (SSSR count). The molecule has 0 spiro atoms. The maximum Gasteiger partial charge on any atom is 0.0635 e. The normalized spacial score (nSPS) is 27.1. The summed E-state index contributed by atoms with van der Waals surface area (Å²) in [4.78, 5) is 0. The first kappa shape index (κ1) is 10.2. The van der Waals surface area contributed by atoms with Gasteiger partial charge in [-0.25, -0.2) is 0 Å². The van der Waals surface area contributed by atoms with Crippen LogP contribution in [0.3, 0.4) is 0 Å². The van der Waals surface area contributed by atoms with Gasteiger partial charge in [0, 0.05) is 19.0 Å². The van der Waals surface area contributed by atoms with Crippen LogP contribution in [-0.4, -0.2) is 22.9 Å². The number of hydrogen-bond donors (Lipinski definition) is 1. The number of aryl methyl sites for hydroxylation is 1. The lowest BCUT2D eigenvalue weighted by atomic mass is 10.0. The molecule has 4 heteroatoms. The molecule has 1 N–H and O–H groups in total. The van der Waals surface area contributed by atoms with Crippen LogP contribution in [0.4, 0.5) is 0 Å². The minimum absolute atomic E-state index is 0.661. The van der Waals surface area contributed by atoms with Crippen LogP contribution in [0, 0.1) is 0 Å².